The molecule has 0 saturated heterocycles. The summed E-state index contributed by atoms with van der Waals surface area (Å²) in [5, 5.41) is 0. The highest BCUT2D eigenvalue weighted by Gasteiger charge is 2.31. The lowest BCUT2D eigenvalue weighted by molar-refractivity contribution is -0.153. The average Bonchev–Trinajstić information content (AvgIpc) is 2.27. The van der Waals surface area contributed by atoms with E-state index in [1.54, 1.807) is 4.57 Å². The number of aromatic nitrogens is 1. The van der Waals surface area contributed by atoms with Gasteiger partial charge in [-0.2, -0.15) is 0 Å². The van der Waals surface area contributed by atoms with Gasteiger partial charge in [0.05, 0.1) is 11.3 Å². The van der Waals surface area contributed by atoms with Crippen molar-refractivity contribution in [1.82, 2.24) is 4.57 Å². The Bertz CT molecular complexity index is 571. The predicted molar refractivity (Wildman–Crippen MR) is 64.4 cm³/mol. The van der Waals surface area contributed by atoms with Crippen molar-refractivity contribution in [3.63, 3.8) is 0 Å². The zero-order valence-electron chi connectivity index (χ0n) is 10.6. The van der Waals surface area contributed by atoms with Crippen LogP contribution in [0.25, 0.3) is 0 Å². The first-order valence-electron chi connectivity index (χ1n) is 5.84. The van der Waals surface area contributed by atoms with Crippen LogP contribution < -0.4 is 5.43 Å². The van der Waals surface area contributed by atoms with Crippen LogP contribution in [0, 0.1) is 5.92 Å². The van der Waals surface area contributed by atoms with E-state index < -0.39 is 6.04 Å². The molecule has 1 aliphatic rings. The molecule has 1 aromatic heterocycles. The Balaban J connectivity index is 2.64. The summed E-state index contributed by atoms with van der Waals surface area (Å²) in [6, 6.07) is 0.894. The molecule has 0 aromatic carbocycles. The first-order chi connectivity index (χ1) is 8.41. The van der Waals surface area contributed by atoms with Crippen molar-refractivity contribution >= 4 is 11.8 Å². The highest BCUT2D eigenvalue weighted by atomic mass is 16.5. The summed E-state index contributed by atoms with van der Waals surface area (Å²) in [4.78, 5) is 34.9. The van der Waals surface area contributed by atoms with Crippen molar-refractivity contribution < 1.29 is 14.3 Å². The lowest BCUT2D eigenvalue weighted by Gasteiger charge is -2.30. The summed E-state index contributed by atoms with van der Waals surface area (Å²) in [5.41, 5.74) is 0.414. The van der Waals surface area contributed by atoms with Crippen molar-refractivity contribution in [3.05, 3.63) is 33.7 Å². The van der Waals surface area contributed by atoms with Gasteiger partial charge in [-0.3, -0.25) is 9.59 Å². The summed E-state index contributed by atoms with van der Waals surface area (Å²) in [5.74, 6) is -0.591. The molecule has 1 aliphatic heterocycles. The summed E-state index contributed by atoms with van der Waals surface area (Å²) in [7, 11) is 0. The number of hydrogen-bond donors (Lipinski definition) is 0. The maximum absolute atomic E-state index is 11.8. The zero-order valence-corrected chi connectivity index (χ0v) is 10.6. The van der Waals surface area contributed by atoms with Crippen molar-refractivity contribution in [3.8, 4) is 0 Å². The number of esters is 1. The first kappa shape index (κ1) is 12.5. The van der Waals surface area contributed by atoms with Crippen molar-refractivity contribution in [2.24, 2.45) is 5.92 Å². The molecule has 96 valence electrons. The Morgan fingerprint density at radius 3 is 2.67 bits per heavy atom. The second-order valence-corrected chi connectivity index (χ2v) is 4.80. The van der Waals surface area contributed by atoms with E-state index in [-0.39, 0.29) is 35.3 Å². The van der Waals surface area contributed by atoms with E-state index in [0.717, 1.165) is 0 Å². The smallest absolute Gasteiger partial charge is 0.329 e. The number of ether oxygens (including phenoxy) is 1. The summed E-state index contributed by atoms with van der Waals surface area (Å²) in [6.45, 7) is 5.21. The normalized spacial score (nSPS) is 18.4. The van der Waals surface area contributed by atoms with Crippen LogP contribution in [0.15, 0.2) is 17.1 Å². The maximum atomic E-state index is 11.8. The predicted octanol–water partition coefficient (Wildman–Crippen LogP) is 1.30. The molecule has 2 rings (SSSR count). The Kier molecular flexibility index (Phi) is 3.07. The van der Waals surface area contributed by atoms with Gasteiger partial charge >= 0.3 is 5.97 Å². The summed E-state index contributed by atoms with van der Waals surface area (Å²) < 4.78 is 6.74. The lowest BCUT2D eigenvalue weighted by Crippen LogP contribution is -2.35. The first-order valence-corrected chi connectivity index (χ1v) is 5.84. The van der Waals surface area contributed by atoms with Gasteiger partial charge in [0.15, 0.2) is 11.2 Å². The summed E-state index contributed by atoms with van der Waals surface area (Å²) in [6.07, 6.45) is 1.48. The molecule has 18 heavy (non-hydrogen) atoms. The fourth-order valence-corrected chi connectivity index (χ4v) is 2.17. The average molecular weight is 249 g/mol. The van der Waals surface area contributed by atoms with E-state index in [9.17, 15) is 14.4 Å². The minimum absolute atomic E-state index is 0.0267. The third kappa shape index (κ3) is 1.96. The van der Waals surface area contributed by atoms with Crippen molar-refractivity contribution in [1.29, 1.82) is 0 Å². The molecule has 0 unspecified atom stereocenters. The lowest BCUT2D eigenvalue weighted by atomic mass is 10.0. The molecule has 0 aliphatic carbocycles. The van der Waals surface area contributed by atoms with Gasteiger partial charge < -0.3 is 9.30 Å². The van der Waals surface area contributed by atoms with Gasteiger partial charge in [0.1, 0.15) is 12.6 Å². The van der Waals surface area contributed by atoms with Crippen molar-refractivity contribution in [2.75, 3.05) is 0 Å². The van der Waals surface area contributed by atoms with Gasteiger partial charge in [-0.1, -0.05) is 13.8 Å². The van der Waals surface area contributed by atoms with E-state index in [1.165, 1.54) is 19.2 Å². The third-order valence-electron chi connectivity index (χ3n) is 3.08. The van der Waals surface area contributed by atoms with Crippen LogP contribution in [-0.4, -0.2) is 16.3 Å². The van der Waals surface area contributed by atoms with Crippen LogP contribution in [0.4, 0.5) is 0 Å². The van der Waals surface area contributed by atoms with Crippen LogP contribution in [-0.2, 0) is 16.1 Å². The van der Waals surface area contributed by atoms with Gasteiger partial charge in [-0.15, -0.1) is 0 Å². The second-order valence-electron chi connectivity index (χ2n) is 4.80. The van der Waals surface area contributed by atoms with Gasteiger partial charge in [0.2, 0.25) is 0 Å². The molecule has 0 bridgehead atoms. The molecule has 0 N–H and O–H groups in total. The van der Waals surface area contributed by atoms with Crippen LogP contribution in [0.1, 0.15) is 42.9 Å². The van der Waals surface area contributed by atoms with E-state index in [1.807, 2.05) is 13.8 Å². The van der Waals surface area contributed by atoms with E-state index in [2.05, 4.69) is 0 Å². The number of fused-ring (bicyclic) bond motifs is 1. The Morgan fingerprint density at radius 2 is 2.11 bits per heavy atom. The number of pyridine rings is 1. The van der Waals surface area contributed by atoms with Gasteiger partial charge in [-0.25, -0.2) is 4.79 Å². The van der Waals surface area contributed by atoms with E-state index >= 15 is 0 Å². The van der Waals surface area contributed by atoms with Gasteiger partial charge in [-0.05, 0) is 12.8 Å². The summed E-state index contributed by atoms with van der Waals surface area (Å²) >= 11 is 0. The number of carbonyl (C=O) groups excluding carboxylic acids is 2. The minimum atomic E-state index is -0.479. The monoisotopic (exact) mass is 249 g/mol. The largest absolute Gasteiger partial charge is 0.458 e. The van der Waals surface area contributed by atoms with E-state index in [4.69, 9.17) is 4.74 Å². The van der Waals surface area contributed by atoms with Crippen LogP contribution >= 0.6 is 0 Å². The van der Waals surface area contributed by atoms with Crippen molar-refractivity contribution in [2.45, 2.75) is 33.4 Å². The molecule has 2 heterocycles. The SMILES string of the molecule is CC(=O)c1cn2c(cc1=O)COC(=O)[C@@H]2C(C)C. The molecule has 1 atom stereocenters. The molecule has 0 spiro atoms. The maximum Gasteiger partial charge on any atom is 0.329 e. The quantitative estimate of drug-likeness (QED) is 0.585. The Morgan fingerprint density at radius 1 is 1.44 bits per heavy atom. The van der Waals surface area contributed by atoms with E-state index in [0.29, 0.717) is 5.69 Å². The molecule has 1 aromatic rings. The van der Waals surface area contributed by atoms with Crippen LogP contribution in [0.5, 0.6) is 0 Å². The fourth-order valence-electron chi connectivity index (χ4n) is 2.17. The second kappa shape index (κ2) is 4.40. The molecular formula is C13H15NO4. The molecule has 0 amide bonds. The highest BCUT2D eigenvalue weighted by Crippen LogP contribution is 2.26. The number of nitrogens with zero attached hydrogens (tertiary/aromatic N) is 1. The topological polar surface area (TPSA) is 65.4 Å². The number of cyclic esters (lactones) is 1. The van der Waals surface area contributed by atoms with Crippen LogP contribution in [0.3, 0.4) is 0 Å². The standard InChI is InChI=1S/C13H15NO4/c1-7(2)12-13(17)18-6-9-4-11(16)10(8(3)15)5-14(9)12/h4-5,7,12H,6H2,1-3H3/t12-/m0/s1. The number of hydrogen-bond acceptors (Lipinski definition) is 4. The number of carbonyl (C=O) groups is 2. The van der Waals surface area contributed by atoms with Crippen LogP contribution in [0.2, 0.25) is 0 Å². The number of ketones is 1. The number of rotatable bonds is 2. The fraction of sp³-hybridized carbons (Fsp3) is 0.462. The highest BCUT2D eigenvalue weighted by molar-refractivity contribution is 5.93. The van der Waals surface area contributed by atoms with Gasteiger partial charge in [0.25, 0.3) is 0 Å². The number of Topliss-reactive ketones (excluding diaryl/α,β-unsaturated/α-hetero) is 1. The Labute approximate surface area is 104 Å². The zero-order chi connectivity index (χ0) is 13.4. The third-order valence-corrected chi connectivity index (χ3v) is 3.08. The molecule has 5 heteroatoms. The molecule has 0 radical (unpaired) electrons. The molecule has 5 nitrogen and oxygen atoms in total. The molecule has 0 fully saturated rings. The minimum Gasteiger partial charge on any atom is -0.458 e. The Hall–Kier alpha value is -1.91. The van der Waals surface area contributed by atoms with Gasteiger partial charge in [0, 0.05) is 12.3 Å². The molecule has 0 saturated carbocycles. The molecular weight excluding hydrogens is 234 g/mol.